The summed E-state index contributed by atoms with van der Waals surface area (Å²) in [6, 6.07) is 4.52. The average Bonchev–Trinajstić information content (AvgIpc) is 2.23. The van der Waals surface area contributed by atoms with E-state index in [-0.39, 0.29) is 12.2 Å². The third-order valence-electron chi connectivity index (χ3n) is 3.01. The van der Waals surface area contributed by atoms with E-state index in [1.54, 1.807) is 6.07 Å². The van der Waals surface area contributed by atoms with Crippen LogP contribution in [0.4, 0.5) is 4.39 Å². The first-order valence-electron chi connectivity index (χ1n) is 5.21. The Kier molecular flexibility index (Phi) is 3.02. The first kappa shape index (κ1) is 11.9. The lowest BCUT2D eigenvalue weighted by Crippen LogP contribution is -2.48. The molecular weight excluding hydrogens is 227 g/mol. The van der Waals surface area contributed by atoms with Crippen LogP contribution >= 0.6 is 0 Å². The molecule has 1 aromatic rings. The maximum atomic E-state index is 13.6. The van der Waals surface area contributed by atoms with E-state index in [4.69, 9.17) is 14.6 Å². The van der Waals surface area contributed by atoms with Crippen molar-refractivity contribution < 1.29 is 23.8 Å². The van der Waals surface area contributed by atoms with Crippen molar-refractivity contribution in [1.29, 1.82) is 0 Å². The highest BCUT2D eigenvalue weighted by atomic mass is 19.1. The van der Waals surface area contributed by atoms with Gasteiger partial charge in [-0.2, -0.15) is 0 Å². The highest BCUT2D eigenvalue weighted by Crippen LogP contribution is 2.37. The summed E-state index contributed by atoms with van der Waals surface area (Å²) in [6.45, 7) is 0.621. The van der Waals surface area contributed by atoms with Crippen LogP contribution in [0.5, 0.6) is 5.75 Å². The van der Waals surface area contributed by atoms with Crippen LogP contribution in [0.15, 0.2) is 18.2 Å². The van der Waals surface area contributed by atoms with Gasteiger partial charge in [-0.05, 0) is 17.7 Å². The van der Waals surface area contributed by atoms with E-state index in [0.29, 0.717) is 18.8 Å². The molecule has 0 bridgehead atoms. The van der Waals surface area contributed by atoms with Crippen LogP contribution in [0, 0.1) is 5.82 Å². The number of rotatable bonds is 4. The van der Waals surface area contributed by atoms with E-state index >= 15 is 0 Å². The Labute approximate surface area is 98.0 Å². The van der Waals surface area contributed by atoms with Gasteiger partial charge in [0.15, 0.2) is 11.6 Å². The van der Waals surface area contributed by atoms with Crippen LogP contribution in [0.1, 0.15) is 12.0 Å². The number of hydrogen-bond donors (Lipinski definition) is 1. The van der Waals surface area contributed by atoms with Crippen molar-refractivity contribution in [2.45, 2.75) is 11.8 Å². The molecule has 4 nitrogen and oxygen atoms in total. The SMILES string of the molecule is COc1ccc(C2(CC(=O)O)COC2)cc1F. The summed E-state index contributed by atoms with van der Waals surface area (Å²) in [6.07, 6.45) is -0.0568. The lowest BCUT2D eigenvalue weighted by molar-refractivity contribution is -0.145. The monoisotopic (exact) mass is 240 g/mol. The van der Waals surface area contributed by atoms with Crippen LogP contribution in [0.2, 0.25) is 0 Å². The minimum absolute atomic E-state index is 0.0568. The highest BCUT2D eigenvalue weighted by molar-refractivity contribution is 5.69. The zero-order chi connectivity index (χ0) is 12.5. The standard InChI is InChI=1S/C12H13FO4/c1-16-10-3-2-8(4-9(10)13)12(5-11(14)15)6-17-7-12/h2-4H,5-7H2,1H3,(H,14,15). The van der Waals surface area contributed by atoms with E-state index in [2.05, 4.69) is 0 Å². The fourth-order valence-corrected chi connectivity index (χ4v) is 2.00. The lowest BCUT2D eigenvalue weighted by Gasteiger charge is -2.40. The van der Waals surface area contributed by atoms with Gasteiger partial charge in [-0.1, -0.05) is 6.07 Å². The summed E-state index contributed by atoms with van der Waals surface area (Å²) in [5, 5.41) is 8.87. The fraction of sp³-hybridized carbons (Fsp3) is 0.417. The molecule has 1 aromatic carbocycles. The van der Waals surface area contributed by atoms with Crippen LogP contribution in [0.3, 0.4) is 0 Å². The van der Waals surface area contributed by atoms with Crippen molar-refractivity contribution in [1.82, 2.24) is 0 Å². The third kappa shape index (κ3) is 2.10. The molecule has 1 aliphatic rings. The molecule has 2 rings (SSSR count). The second-order valence-corrected chi connectivity index (χ2v) is 4.19. The zero-order valence-corrected chi connectivity index (χ0v) is 9.40. The van der Waals surface area contributed by atoms with E-state index < -0.39 is 17.2 Å². The molecule has 1 N–H and O–H groups in total. The smallest absolute Gasteiger partial charge is 0.304 e. The van der Waals surface area contributed by atoms with Gasteiger partial charge >= 0.3 is 5.97 Å². The molecule has 1 heterocycles. The third-order valence-corrected chi connectivity index (χ3v) is 3.01. The zero-order valence-electron chi connectivity index (χ0n) is 9.40. The Bertz CT molecular complexity index is 440. The quantitative estimate of drug-likeness (QED) is 0.868. The van der Waals surface area contributed by atoms with Gasteiger partial charge in [-0.3, -0.25) is 4.79 Å². The number of methoxy groups -OCH3 is 1. The number of halogens is 1. The normalized spacial score (nSPS) is 17.3. The van der Waals surface area contributed by atoms with E-state index in [0.717, 1.165) is 0 Å². The van der Waals surface area contributed by atoms with Gasteiger partial charge in [0.1, 0.15) is 0 Å². The minimum atomic E-state index is -0.912. The summed E-state index contributed by atoms with van der Waals surface area (Å²) in [5.74, 6) is -1.24. The van der Waals surface area contributed by atoms with Gasteiger partial charge in [0.05, 0.1) is 32.2 Å². The first-order valence-corrected chi connectivity index (χ1v) is 5.21. The van der Waals surface area contributed by atoms with Gasteiger partial charge in [-0.25, -0.2) is 4.39 Å². The summed E-state index contributed by atoms with van der Waals surface area (Å²) >= 11 is 0. The molecule has 1 fully saturated rings. The van der Waals surface area contributed by atoms with Gasteiger partial charge in [-0.15, -0.1) is 0 Å². The van der Waals surface area contributed by atoms with Crippen LogP contribution in [0.25, 0.3) is 0 Å². The Balaban J connectivity index is 2.31. The molecule has 0 saturated carbocycles. The largest absolute Gasteiger partial charge is 0.494 e. The topological polar surface area (TPSA) is 55.8 Å². The maximum Gasteiger partial charge on any atom is 0.304 e. The van der Waals surface area contributed by atoms with Crippen LogP contribution in [-0.4, -0.2) is 31.4 Å². The molecule has 0 spiro atoms. The molecule has 92 valence electrons. The van der Waals surface area contributed by atoms with E-state index in [9.17, 15) is 9.18 Å². The number of ether oxygens (including phenoxy) is 2. The number of hydrogen-bond acceptors (Lipinski definition) is 3. The second-order valence-electron chi connectivity index (χ2n) is 4.19. The van der Waals surface area contributed by atoms with Crippen molar-refractivity contribution in [2.24, 2.45) is 0 Å². The summed E-state index contributed by atoms with van der Waals surface area (Å²) in [7, 11) is 1.39. The molecule has 1 aliphatic heterocycles. The molecule has 0 amide bonds. The van der Waals surface area contributed by atoms with Gasteiger partial charge < -0.3 is 14.6 Å². The second kappa shape index (κ2) is 4.33. The van der Waals surface area contributed by atoms with Crippen molar-refractivity contribution in [3.63, 3.8) is 0 Å². The molecule has 0 unspecified atom stereocenters. The molecule has 0 aliphatic carbocycles. The van der Waals surface area contributed by atoms with Gasteiger partial charge in [0.2, 0.25) is 0 Å². The number of benzene rings is 1. The molecule has 17 heavy (non-hydrogen) atoms. The van der Waals surface area contributed by atoms with Gasteiger partial charge in [0.25, 0.3) is 0 Å². The fourth-order valence-electron chi connectivity index (χ4n) is 2.00. The summed E-state index contributed by atoms with van der Waals surface area (Å²) in [5.41, 5.74) is 0.0447. The van der Waals surface area contributed by atoms with Crippen molar-refractivity contribution in [3.05, 3.63) is 29.6 Å². The summed E-state index contributed by atoms with van der Waals surface area (Å²) < 4.78 is 23.5. The van der Waals surface area contributed by atoms with Crippen molar-refractivity contribution in [2.75, 3.05) is 20.3 Å². The molecule has 1 saturated heterocycles. The molecule has 0 atom stereocenters. The molecule has 0 aromatic heterocycles. The Hall–Kier alpha value is -1.62. The Morgan fingerprint density at radius 1 is 1.59 bits per heavy atom. The van der Waals surface area contributed by atoms with E-state index in [1.165, 1.54) is 19.2 Å². The minimum Gasteiger partial charge on any atom is -0.494 e. The van der Waals surface area contributed by atoms with Crippen LogP contribution in [-0.2, 0) is 14.9 Å². The van der Waals surface area contributed by atoms with Crippen molar-refractivity contribution >= 4 is 5.97 Å². The van der Waals surface area contributed by atoms with Gasteiger partial charge in [0, 0.05) is 0 Å². The van der Waals surface area contributed by atoms with E-state index in [1.807, 2.05) is 0 Å². The number of carbonyl (C=O) groups is 1. The van der Waals surface area contributed by atoms with Crippen molar-refractivity contribution in [3.8, 4) is 5.75 Å². The maximum absolute atomic E-state index is 13.6. The highest BCUT2D eigenvalue weighted by Gasteiger charge is 2.42. The number of aliphatic carboxylic acids is 1. The average molecular weight is 240 g/mol. The lowest BCUT2D eigenvalue weighted by atomic mass is 9.76. The predicted octanol–water partition coefficient (Wildman–Crippen LogP) is 1.58. The Morgan fingerprint density at radius 3 is 2.71 bits per heavy atom. The summed E-state index contributed by atoms with van der Waals surface area (Å²) in [4.78, 5) is 10.8. The number of carboxylic acid groups (broad SMARTS) is 1. The molecular formula is C12H13FO4. The first-order chi connectivity index (χ1) is 8.07. The predicted molar refractivity (Wildman–Crippen MR) is 57.7 cm³/mol. The number of carboxylic acids is 1. The Morgan fingerprint density at radius 2 is 2.29 bits per heavy atom. The molecule has 0 radical (unpaired) electrons. The van der Waals surface area contributed by atoms with Crippen LogP contribution < -0.4 is 4.74 Å². The molecule has 5 heteroatoms.